The number of methoxy groups -OCH3 is 3. The zero-order valence-electron chi connectivity index (χ0n) is 16.8. The smallest absolute Gasteiger partial charge is 0.319 e. The third-order valence-corrected chi connectivity index (χ3v) is 4.66. The molecule has 1 aromatic heterocycles. The average Bonchev–Trinajstić information content (AvgIpc) is 2.77. The highest BCUT2D eigenvalue weighted by Gasteiger charge is 2.23. The number of aromatic nitrogens is 2. The van der Waals surface area contributed by atoms with Gasteiger partial charge in [-0.1, -0.05) is 6.07 Å². The lowest BCUT2D eigenvalue weighted by Crippen LogP contribution is -2.41. The summed E-state index contributed by atoms with van der Waals surface area (Å²) < 4.78 is 21.4. The fourth-order valence-corrected chi connectivity index (χ4v) is 3.08. The summed E-state index contributed by atoms with van der Waals surface area (Å²) in [5, 5.41) is 0. The molecule has 3 rings (SSSR count). The molecule has 1 aliphatic rings. The first kappa shape index (κ1) is 20.4. The fraction of sp³-hybridized carbons (Fsp3) is 0.381. The molecule has 8 nitrogen and oxygen atoms in total. The first-order valence-electron chi connectivity index (χ1n) is 9.35. The molecule has 0 unspecified atom stereocenters. The van der Waals surface area contributed by atoms with Gasteiger partial charge >= 0.3 is 6.01 Å². The average molecular weight is 399 g/mol. The van der Waals surface area contributed by atoms with Gasteiger partial charge in [0.1, 0.15) is 6.10 Å². The van der Waals surface area contributed by atoms with Gasteiger partial charge in [-0.3, -0.25) is 4.79 Å². The van der Waals surface area contributed by atoms with E-state index >= 15 is 0 Å². The number of amides is 1. The Bertz CT molecular complexity index is 863. The van der Waals surface area contributed by atoms with Crippen LogP contribution in [-0.2, 0) is 4.79 Å². The number of hydrogen-bond acceptors (Lipinski definition) is 7. The van der Waals surface area contributed by atoms with Gasteiger partial charge in [0.05, 0.1) is 21.3 Å². The van der Waals surface area contributed by atoms with Gasteiger partial charge in [-0.15, -0.1) is 0 Å². The molecule has 1 fully saturated rings. The molecule has 0 atom stereocenters. The topological polar surface area (TPSA) is 83.0 Å². The van der Waals surface area contributed by atoms with Crippen LogP contribution < -0.4 is 18.9 Å². The SMILES string of the molecule is COc1nccc(OC2CCN(C(=O)/C=C/c3ccc(OC)c(OC)c3)CC2)n1. The summed E-state index contributed by atoms with van der Waals surface area (Å²) in [7, 11) is 4.69. The van der Waals surface area contributed by atoms with Crippen molar-refractivity contribution in [2.24, 2.45) is 0 Å². The van der Waals surface area contributed by atoms with Crippen LogP contribution in [0.1, 0.15) is 18.4 Å². The summed E-state index contributed by atoms with van der Waals surface area (Å²) in [6.45, 7) is 1.25. The van der Waals surface area contributed by atoms with Crippen molar-refractivity contribution >= 4 is 12.0 Å². The molecule has 1 aromatic carbocycles. The molecule has 0 saturated carbocycles. The van der Waals surface area contributed by atoms with Gasteiger partial charge in [-0.05, 0) is 23.8 Å². The summed E-state index contributed by atoms with van der Waals surface area (Å²) in [5.41, 5.74) is 0.868. The van der Waals surface area contributed by atoms with Crippen molar-refractivity contribution in [3.05, 3.63) is 42.1 Å². The van der Waals surface area contributed by atoms with Crippen LogP contribution in [0, 0.1) is 0 Å². The van der Waals surface area contributed by atoms with E-state index < -0.39 is 0 Å². The van der Waals surface area contributed by atoms with Crippen LogP contribution in [0.25, 0.3) is 6.08 Å². The lowest BCUT2D eigenvalue weighted by molar-refractivity contribution is -0.127. The third-order valence-electron chi connectivity index (χ3n) is 4.66. The van der Waals surface area contributed by atoms with Crippen molar-refractivity contribution in [3.8, 4) is 23.4 Å². The zero-order chi connectivity index (χ0) is 20.6. The highest BCUT2D eigenvalue weighted by Crippen LogP contribution is 2.28. The van der Waals surface area contributed by atoms with Gasteiger partial charge in [0.2, 0.25) is 11.8 Å². The minimum absolute atomic E-state index is 0.00786. The maximum absolute atomic E-state index is 12.5. The number of piperidine rings is 1. The van der Waals surface area contributed by atoms with E-state index in [1.807, 2.05) is 23.1 Å². The minimum atomic E-state index is -0.0260. The maximum Gasteiger partial charge on any atom is 0.319 e. The molecule has 1 aliphatic heterocycles. The Kier molecular flexibility index (Phi) is 6.89. The monoisotopic (exact) mass is 399 g/mol. The van der Waals surface area contributed by atoms with Crippen LogP contribution in [0.2, 0.25) is 0 Å². The lowest BCUT2D eigenvalue weighted by Gasteiger charge is -2.31. The van der Waals surface area contributed by atoms with Gasteiger partial charge < -0.3 is 23.8 Å². The molecule has 1 saturated heterocycles. The van der Waals surface area contributed by atoms with E-state index in [1.165, 1.54) is 7.11 Å². The molecular weight excluding hydrogens is 374 g/mol. The zero-order valence-corrected chi connectivity index (χ0v) is 16.8. The van der Waals surface area contributed by atoms with Gasteiger partial charge in [0, 0.05) is 44.3 Å². The van der Waals surface area contributed by atoms with E-state index in [0.717, 1.165) is 18.4 Å². The number of ether oxygens (including phenoxy) is 4. The number of nitrogens with zero attached hydrogens (tertiary/aromatic N) is 3. The molecular formula is C21H25N3O5. The van der Waals surface area contributed by atoms with E-state index in [4.69, 9.17) is 18.9 Å². The highest BCUT2D eigenvalue weighted by molar-refractivity contribution is 5.91. The molecule has 0 spiro atoms. The number of benzene rings is 1. The van der Waals surface area contributed by atoms with Gasteiger partial charge in [-0.25, -0.2) is 4.98 Å². The molecule has 2 heterocycles. The Labute approximate surface area is 170 Å². The normalized spacial score (nSPS) is 14.7. The van der Waals surface area contributed by atoms with Crippen molar-refractivity contribution in [3.63, 3.8) is 0 Å². The van der Waals surface area contributed by atoms with E-state index in [1.54, 1.807) is 38.6 Å². The summed E-state index contributed by atoms with van der Waals surface area (Å²) >= 11 is 0. The standard InChI is InChI=1S/C21H25N3O5/c1-26-17-6-4-15(14-18(17)27-2)5-7-20(25)24-12-9-16(10-13-24)29-19-8-11-22-21(23-19)28-3/h4-8,11,14,16H,9-10,12-13H2,1-3H3/b7-5+. The van der Waals surface area contributed by atoms with Crippen LogP contribution in [-0.4, -0.2) is 61.3 Å². The van der Waals surface area contributed by atoms with Crippen molar-refractivity contribution < 1.29 is 23.7 Å². The second kappa shape index (κ2) is 9.77. The van der Waals surface area contributed by atoms with Gasteiger partial charge in [-0.2, -0.15) is 4.98 Å². The largest absolute Gasteiger partial charge is 0.493 e. The third kappa shape index (κ3) is 5.37. The van der Waals surface area contributed by atoms with E-state index in [0.29, 0.717) is 30.5 Å². The van der Waals surface area contributed by atoms with Gasteiger partial charge in [0.25, 0.3) is 0 Å². The van der Waals surface area contributed by atoms with Crippen molar-refractivity contribution in [1.82, 2.24) is 14.9 Å². The van der Waals surface area contributed by atoms with E-state index in [2.05, 4.69) is 9.97 Å². The van der Waals surface area contributed by atoms with Crippen LogP contribution >= 0.6 is 0 Å². The van der Waals surface area contributed by atoms with E-state index in [9.17, 15) is 4.79 Å². The Balaban J connectivity index is 1.52. The summed E-state index contributed by atoms with van der Waals surface area (Å²) in [6.07, 6.45) is 6.44. The Morgan fingerprint density at radius 3 is 2.52 bits per heavy atom. The maximum atomic E-state index is 12.5. The van der Waals surface area contributed by atoms with Crippen molar-refractivity contribution in [2.45, 2.75) is 18.9 Å². The summed E-state index contributed by atoms with van der Waals surface area (Å²) in [4.78, 5) is 22.4. The Hall–Kier alpha value is -3.29. The van der Waals surface area contributed by atoms with Crippen LogP contribution in [0.4, 0.5) is 0 Å². The first-order chi connectivity index (χ1) is 14.1. The van der Waals surface area contributed by atoms with Crippen LogP contribution in [0.3, 0.4) is 0 Å². The number of likely N-dealkylation sites (tertiary alicyclic amines) is 1. The predicted molar refractivity (Wildman–Crippen MR) is 107 cm³/mol. The second-order valence-electron chi connectivity index (χ2n) is 6.47. The number of rotatable bonds is 7. The van der Waals surface area contributed by atoms with Crippen LogP contribution in [0.5, 0.6) is 23.4 Å². The molecule has 0 N–H and O–H groups in total. The molecule has 154 valence electrons. The predicted octanol–water partition coefficient (Wildman–Crippen LogP) is 2.59. The second-order valence-corrected chi connectivity index (χ2v) is 6.47. The first-order valence-corrected chi connectivity index (χ1v) is 9.35. The molecule has 2 aromatic rings. The van der Waals surface area contributed by atoms with E-state index in [-0.39, 0.29) is 18.0 Å². The van der Waals surface area contributed by atoms with Gasteiger partial charge in [0.15, 0.2) is 11.5 Å². The lowest BCUT2D eigenvalue weighted by atomic mass is 10.1. The minimum Gasteiger partial charge on any atom is -0.493 e. The molecule has 0 radical (unpaired) electrons. The Morgan fingerprint density at radius 1 is 1.07 bits per heavy atom. The molecule has 8 heteroatoms. The highest BCUT2D eigenvalue weighted by atomic mass is 16.5. The van der Waals surface area contributed by atoms with Crippen molar-refractivity contribution in [1.29, 1.82) is 0 Å². The van der Waals surface area contributed by atoms with Crippen molar-refractivity contribution in [2.75, 3.05) is 34.4 Å². The molecule has 1 amide bonds. The number of carbonyl (C=O) groups is 1. The molecule has 0 aliphatic carbocycles. The molecule has 0 bridgehead atoms. The fourth-order valence-electron chi connectivity index (χ4n) is 3.08. The summed E-state index contributed by atoms with van der Waals surface area (Å²) in [6, 6.07) is 7.50. The molecule has 29 heavy (non-hydrogen) atoms. The Morgan fingerprint density at radius 2 is 1.83 bits per heavy atom. The number of hydrogen-bond donors (Lipinski definition) is 0. The number of carbonyl (C=O) groups excluding carboxylic acids is 1. The quantitative estimate of drug-likeness (QED) is 0.662. The summed E-state index contributed by atoms with van der Waals surface area (Å²) in [5.74, 6) is 1.73. The van der Waals surface area contributed by atoms with Crippen LogP contribution in [0.15, 0.2) is 36.5 Å².